The third-order valence-electron chi connectivity index (χ3n) is 2.14. The Bertz CT molecular complexity index is 258. The van der Waals surface area contributed by atoms with Gasteiger partial charge < -0.3 is 19.0 Å². The van der Waals surface area contributed by atoms with Crippen LogP contribution in [0, 0.1) is 5.92 Å². The third kappa shape index (κ3) is 5.77. The fraction of sp³-hybridized carbons (Fsp3) is 0.750. The summed E-state index contributed by atoms with van der Waals surface area (Å²) in [6.07, 6.45) is -0.307. The maximum atomic E-state index is 11.6. The van der Waals surface area contributed by atoms with Gasteiger partial charge in [0.25, 0.3) is 0 Å². The first-order chi connectivity index (χ1) is 8.60. The standard InChI is InChI=1S/C12H20O6/c1-4-16-9(8-13)7-10(11(14)17-5-2)12(15)18-6-3/h8-10H,4-7H2,1-3H3. The van der Waals surface area contributed by atoms with Crippen LogP contribution >= 0.6 is 0 Å². The molecule has 1 atom stereocenters. The lowest BCUT2D eigenvalue weighted by molar-refractivity contribution is -0.163. The van der Waals surface area contributed by atoms with Gasteiger partial charge in [0.15, 0.2) is 5.92 Å². The molecular weight excluding hydrogens is 240 g/mol. The molecule has 0 aliphatic heterocycles. The van der Waals surface area contributed by atoms with E-state index in [0.717, 1.165) is 0 Å². The van der Waals surface area contributed by atoms with E-state index in [0.29, 0.717) is 12.9 Å². The molecule has 0 bridgehead atoms. The molecule has 1 unspecified atom stereocenters. The van der Waals surface area contributed by atoms with Crippen molar-refractivity contribution in [1.29, 1.82) is 0 Å². The minimum atomic E-state index is -1.12. The van der Waals surface area contributed by atoms with Gasteiger partial charge in [-0.2, -0.15) is 0 Å². The Morgan fingerprint density at radius 3 is 1.83 bits per heavy atom. The van der Waals surface area contributed by atoms with E-state index in [1.165, 1.54) is 0 Å². The minimum absolute atomic E-state index is 0.0605. The molecule has 6 nitrogen and oxygen atoms in total. The van der Waals surface area contributed by atoms with Crippen LogP contribution < -0.4 is 0 Å². The molecule has 0 spiro atoms. The molecule has 0 saturated carbocycles. The summed E-state index contributed by atoms with van der Waals surface area (Å²) >= 11 is 0. The summed E-state index contributed by atoms with van der Waals surface area (Å²) in [5.41, 5.74) is 0. The molecule has 0 saturated heterocycles. The van der Waals surface area contributed by atoms with Gasteiger partial charge in [0.05, 0.1) is 13.2 Å². The molecule has 6 heteroatoms. The molecule has 0 rings (SSSR count). The molecule has 0 radical (unpaired) electrons. The summed E-state index contributed by atoms with van der Waals surface area (Å²) in [6.45, 7) is 5.64. The van der Waals surface area contributed by atoms with Crippen molar-refractivity contribution in [2.75, 3.05) is 19.8 Å². The molecule has 0 aromatic rings. The van der Waals surface area contributed by atoms with E-state index in [9.17, 15) is 14.4 Å². The van der Waals surface area contributed by atoms with E-state index in [-0.39, 0.29) is 19.6 Å². The number of aldehydes is 1. The quantitative estimate of drug-likeness (QED) is 0.345. The van der Waals surface area contributed by atoms with Crippen LogP contribution in [0.15, 0.2) is 0 Å². The SMILES string of the molecule is CCOC(=O)C(CC(C=O)OCC)C(=O)OCC. The second-order valence-electron chi connectivity index (χ2n) is 3.42. The summed E-state index contributed by atoms with van der Waals surface area (Å²) in [7, 11) is 0. The van der Waals surface area contributed by atoms with Gasteiger partial charge in [-0.3, -0.25) is 9.59 Å². The predicted molar refractivity (Wildman–Crippen MR) is 62.9 cm³/mol. The molecule has 0 amide bonds. The molecule has 104 valence electrons. The van der Waals surface area contributed by atoms with Gasteiger partial charge in [-0.25, -0.2) is 0 Å². The van der Waals surface area contributed by atoms with E-state index in [2.05, 4.69) is 0 Å². The summed E-state index contributed by atoms with van der Waals surface area (Å²) in [4.78, 5) is 34.0. The number of esters is 2. The van der Waals surface area contributed by atoms with E-state index in [1.807, 2.05) is 0 Å². The van der Waals surface area contributed by atoms with Crippen molar-refractivity contribution in [3.05, 3.63) is 0 Å². The normalized spacial score (nSPS) is 12.0. The molecule has 0 aliphatic rings. The second kappa shape index (κ2) is 9.58. The van der Waals surface area contributed by atoms with Crippen LogP contribution in [0.25, 0.3) is 0 Å². The van der Waals surface area contributed by atoms with Crippen LogP contribution in [-0.2, 0) is 28.6 Å². The monoisotopic (exact) mass is 260 g/mol. The van der Waals surface area contributed by atoms with Crippen molar-refractivity contribution in [3.63, 3.8) is 0 Å². The maximum absolute atomic E-state index is 11.6. The minimum Gasteiger partial charge on any atom is -0.465 e. The first kappa shape index (κ1) is 16.6. The van der Waals surface area contributed by atoms with Crippen LogP contribution in [0.2, 0.25) is 0 Å². The summed E-state index contributed by atoms with van der Waals surface area (Å²) < 4.78 is 14.7. The zero-order chi connectivity index (χ0) is 14.0. The highest BCUT2D eigenvalue weighted by molar-refractivity contribution is 5.95. The van der Waals surface area contributed by atoms with Crippen LogP contribution in [0.4, 0.5) is 0 Å². The molecule has 0 N–H and O–H groups in total. The van der Waals surface area contributed by atoms with Crippen LogP contribution in [-0.4, -0.2) is 44.1 Å². The Morgan fingerprint density at radius 1 is 1.00 bits per heavy atom. The van der Waals surface area contributed by atoms with Gasteiger partial charge in [-0.05, 0) is 20.8 Å². The molecular formula is C12H20O6. The van der Waals surface area contributed by atoms with Crippen molar-refractivity contribution < 1.29 is 28.6 Å². The summed E-state index contributed by atoms with van der Waals surface area (Å²) in [6, 6.07) is 0. The van der Waals surface area contributed by atoms with Gasteiger partial charge in [-0.15, -0.1) is 0 Å². The predicted octanol–water partition coefficient (Wildman–Crippen LogP) is 0.723. The lowest BCUT2D eigenvalue weighted by atomic mass is 10.0. The lowest BCUT2D eigenvalue weighted by Crippen LogP contribution is -2.33. The Labute approximate surface area is 107 Å². The van der Waals surface area contributed by atoms with Gasteiger partial charge in [-0.1, -0.05) is 0 Å². The highest BCUT2D eigenvalue weighted by Gasteiger charge is 2.32. The smallest absolute Gasteiger partial charge is 0.320 e. The number of hydrogen-bond donors (Lipinski definition) is 0. The van der Waals surface area contributed by atoms with Crippen LogP contribution in [0.3, 0.4) is 0 Å². The van der Waals surface area contributed by atoms with Gasteiger partial charge in [0.2, 0.25) is 0 Å². The molecule has 18 heavy (non-hydrogen) atoms. The van der Waals surface area contributed by atoms with E-state index in [1.54, 1.807) is 20.8 Å². The van der Waals surface area contributed by atoms with Crippen molar-refractivity contribution in [2.24, 2.45) is 5.92 Å². The largest absolute Gasteiger partial charge is 0.465 e. The molecule has 0 aliphatic carbocycles. The van der Waals surface area contributed by atoms with Gasteiger partial charge in [0.1, 0.15) is 12.4 Å². The number of rotatable bonds is 9. The Hall–Kier alpha value is -1.43. The number of ether oxygens (including phenoxy) is 3. The molecule has 0 aromatic carbocycles. The van der Waals surface area contributed by atoms with Crippen molar-refractivity contribution in [1.82, 2.24) is 0 Å². The average molecular weight is 260 g/mol. The van der Waals surface area contributed by atoms with Crippen molar-refractivity contribution in [3.8, 4) is 0 Å². The Balaban J connectivity index is 4.68. The molecule has 0 fully saturated rings. The summed E-state index contributed by atoms with van der Waals surface area (Å²) in [5.74, 6) is -2.50. The van der Waals surface area contributed by atoms with E-state index >= 15 is 0 Å². The van der Waals surface area contributed by atoms with Gasteiger partial charge in [0, 0.05) is 13.0 Å². The first-order valence-corrected chi connectivity index (χ1v) is 6.00. The number of hydrogen-bond acceptors (Lipinski definition) is 6. The maximum Gasteiger partial charge on any atom is 0.320 e. The second-order valence-corrected chi connectivity index (χ2v) is 3.42. The highest BCUT2D eigenvalue weighted by atomic mass is 16.6. The Kier molecular flexibility index (Phi) is 8.82. The van der Waals surface area contributed by atoms with Crippen LogP contribution in [0.1, 0.15) is 27.2 Å². The van der Waals surface area contributed by atoms with Crippen LogP contribution in [0.5, 0.6) is 0 Å². The Morgan fingerprint density at radius 2 is 1.50 bits per heavy atom. The third-order valence-corrected chi connectivity index (χ3v) is 2.14. The first-order valence-electron chi connectivity index (χ1n) is 6.00. The fourth-order valence-corrected chi connectivity index (χ4v) is 1.38. The zero-order valence-corrected chi connectivity index (χ0v) is 11.0. The number of carbonyl (C=O) groups is 3. The van der Waals surface area contributed by atoms with Crippen molar-refractivity contribution >= 4 is 18.2 Å². The topological polar surface area (TPSA) is 78.9 Å². The van der Waals surface area contributed by atoms with E-state index in [4.69, 9.17) is 14.2 Å². The number of carbonyl (C=O) groups excluding carboxylic acids is 3. The molecule has 0 heterocycles. The lowest BCUT2D eigenvalue weighted by Gasteiger charge is -2.17. The van der Waals surface area contributed by atoms with Gasteiger partial charge >= 0.3 is 11.9 Å². The van der Waals surface area contributed by atoms with E-state index < -0.39 is 24.0 Å². The summed E-state index contributed by atoms with van der Waals surface area (Å²) in [5, 5.41) is 0. The fourth-order valence-electron chi connectivity index (χ4n) is 1.38. The zero-order valence-electron chi connectivity index (χ0n) is 11.0. The van der Waals surface area contributed by atoms with Crippen molar-refractivity contribution in [2.45, 2.75) is 33.3 Å². The average Bonchev–Trinajstić information content (AvgIpc) is 2.34. The molecule has 0 aromatic heterocycles. The highest BCUT2D eigenvalue weighted by Crippen LogP contribution is 2.13.